The quantitative estimate of drug-likeness (QED) is 0.769. The minimum atomic E-state index is -4.45. The minimum Gasteiger partial charge on any atom is -0.385 e. The van der Waals surface area contributed by atoms with Gasteiger partial charge in [0.1, 0.15) is 0 Å². The molecule has 9 heteroatoms. The van der Waals surface area contributed by atoms with Crippen LogP contribution in [0, 0.1) is 0 Å². The van der Waals surface area contributed by atoms with E-state index in [4.69, 9.17) is 4.74 Å². The van der Waals surface area contributed by atoms with Crippen LogP contribution in [0.2, 0.25) is 0 Å². The zero-order chi connectivity index (χ0) is 17.7. The van der Waals surface area contributed by atoms with E-state index in [-0.39, 0.29) is 12.1 Å². The van der Waals surface area contributed by atoms with Crippen LogP contribution in [0.4, 0.5) is 18.0 Å². The van der Waals surface area contributed by atoms with Crippen molar-refractivity contribution in [1.29, 1.82) is 0 Å². The third-order valence-corrected chi connectivity index (χ3v) is 4.11. The van der Waals surface area contributed by atoms with Gasteiger partial charge in [0, 0.05) is 46.6 Å². The smallest absolute Gasteiger partial charge is 0.385 e. The summed E-state index contributed by atoms with van der Waals surface area (Å²) in [5.74, 6) is 0. The maximum absolute atomic E-state index is 12.7. The number of halogens is 3. The summed E-state index contributed by atoms with van der Waals surface area (Å²) in [5, 5.41) is 3.63. The van der Waals surface area contributed by atoms with E-state index in [1.807, 2.05) is 0 Å². The highest BCUT2D eigenvalue weighted by atomic mass is 19.4. The van der Waals surface area contributed by atoms with Gasteiger partial charge < -0.3 is 14.5 Å². The number of aromatic nitrogens is 2. The Kier molecular flexibility index (Phi) is 6.09. The number of alkyl halides is 3. The monoisotopic (exact) mass is 348 g/mol. The average molecular weight is 348 g/mol. The van der Waals surface area contributed by atoms with Crippen LogP contribution >= 0.6 is 0 Å². The van der Waals surface area contributed by atoms with Gasteiger partial charge in [-0.15, -0.1) is 0 Å². The van der Waals surface area contributed by atoms with Gasteiger partial charge in [-0.1, -0.05) is 0 Å². The van der Waals surface area contributed by atoms with Gasteiger partial charge in [0.05, 0.1) is 6.04 Å². The topological polar surface area (TPSA) is 50.6 Å². The number of piperidine rings is 1. The highest BCUT2D eigenvalue weighted by Crippen LogP contribution is 2.29. The third-order valence-electron chi connectivity index (χ3n) is 4.11. The number of amides is 2. The van der Waals surface area contributed by atoms with Crippen LogP contribution < -0.4 is 0 Å². The van der Waals surface area contributed by atoms with Crippen molar-refractivity contribution in [2.24, 2.45) is 0 Å². The first kappa shape index (κ1) is 18.6. The Morgan fingerprint density at radius 1 is 1.50 bits per heavy atom. The zero-order valence-corrected chi connectivity index (χ0v) is 13.9. The van der Waals surface area contributed by atoms with Crippen LogP contribution in [0.1, 0.15) is 31.0 Å². The minimum absolute atomic E-state index is 0.112. The van der Waals surface area contributed by atoms with Crippen molar-refractivity contribution in [2.45, 2.75) is 31.5 Å². The summed E-state index contributed by atoms with van der Waals surface area (Å²) >= 11 is 0. The summed E-state index contributed by atoms with van der Waals surface area (Å²) in [6.07, 6.45) is -0.926. The fourth-order valence-electron chi connectivity index (χ4n) is 2.82. The molecule has 24 heavy (non-hydrogen) atoms. The molecule has 136 valence electrons. The largest absolute Gasteiger partial charge is 0.435 e. The number of ether oxygens (including phenoxy) is 1. The predicted octanol–water partition coefficient (Wildman–Crippen LogP) is 2.63. The third kappa shape index (κ3) is 4.62. The first-order chi connectivity index (χ1) is 11.3. The van der Waals surface area contributed by atoms with E-state index in [0.717, 1.165) is 18.9 Å². The van der Waals surface area contributed by atoms with E-state index < -0.39 is 11.9 Å². The molecule has 2 amide bonds. The molecule has 1 aromatic rings. The number of urea groups is 1. The second-order valence-electron chi connectivity index (χ2n) is 5.97. The summed E-state index contributed by atoms with van der Waals surface area (Å²) < 4.78 is 44.3. The van der Waals surface area contributed by atoms with Crippen molar-refractivity contribution in [1.82, 2.24) is 19.6 Å². The van der Waals surface area contributed by atoms with Crippen molar-refractivity contribution in [3.63, 3.8) is 0 Å². The van der Waals surface area contributed by atoms with Gasteiger partial charge in [0.25, 0.3) is 0 Å². The lowest BCUT2D eigenvalue weighted by Gasteiger charge is -2.35. The summed E-state index contributed by atoms with van der Waals surface area (Å²) in [4.78, 5) is 15.7. The lowest BCUT2D eigenvalue weighted by molar-refractivity contribution is -0.141. The molecule has 1 atom stereocenters. The van der Waals surface area contributed by atoms with Crippen LogP contribution in [0.5, 0.6) is 0 Å². The van der Waals surface area contributed by atoms with Gasteiger partial charge in [0.2, 0.25) is 0 Å². The number of hydrogen-bond donors (Lipinski definition) is 0. The summed E-state index contributed by atoms with van der Waals surface area (Å²) in [7, 11) is 3.33. The Morgan fingerprint density at radius 2 is 2.25 bits per heavy atom. The molecular weight excluding hydrogens is 325 g/mol. The predicted molar refractivity (Wildman–Crippen MR) is 81.6 cm³/mol. The number of carbonyl (C=O) groups excluding carboxylic acids is 1. The molecule has 1 aliphatic heterocycles. The number of rotatable bonds is 5. The Bertz CT molecular complexity index is 547. The van der Waals surface area contributed by atoms with E-state index in [9.17, 15) is 18.0 Å². The van der Waals surface area contributed by atoms with Crippen LogP contribution in [-0.4, -0.2) is 66.0 Å². The Hall–Kier alpha value is -1.77. The molecule has 1 saturated heterocycles. The maximum atomic E-state index is 12.7. The second kappa shape index (κ2) is 7.87. The zero-order valence-electron chi connectivity index (χ0n) is 13.9. The van der Waals surface area contributed by atoms with Gasteiger partial charge in [-0.2, -0.15) is 18.3 Å². The lowest BCUT2D eigenvalue weighted by Crippen LogP contribution is -2.47. The maximum Gasteiger partial charge on any atom is 0.435 e. The first-order valence-corrected chi connectivity index (χ1v) is 7.94. The SMILES string of the molecule is COCCCN(C)C(=O)N1CCC[C@@H](n2ccc(C(F)(F)F)n2)C1. The first-order valence-electron chi connectivity index (χ1n) is 7.94. The summed E-state index contributed by atoms with van der Waals surface area (Å²) in [5.41, 5.74) is -0.900. The number of likely N-dealkylation sites (tertiary alicyclic amines) is 1. The fourth-order valence-corrected chi connectivity index (χ4v) is 2.82. The molecule has 0 N–H and O–H groups in total. The second-order valence-corrected chi connectivity index (χ2v) is 5.97. The van der Waals surface area contributed by atoms with Crippen molar-refractivity contribution >= 4 is 6.03 Å². The Labute approximate surface area is 139 Å². The van der Waals surface area contributed by atoms with Crippen molar-refractivity contribution in [2.75, 3.05) is 40.4 Å². The van der Waals surface area contributed by atoms with Crippen LogP contribution in [0.3, 0.4) is 0 Å². The molecule has 0 saturated carbocycles. The number of nitrogens with zero attached hydrogens (tertiary/aromatic N) is 4. The summed E-state index contributed by atoms with van der Waals surface area (Å²) in [6, 6.07) is 0.627. The van der Waals surface area contributed by atoms with E-state index in [1.165, 1.54) is 10.9 Å². The van der Waals surface area contributed by atoms with Gasteiger partial charge in [0.15, 0.2) is 5.69 Å². The molecule has 1 aromatic heterocycles. The lowest BCUT2D eigenvalue weighted by atomic mass is 10.1. The molecule has 0 unspecified atom stereocenters. The van der Waals surface area contributed by atoms with Gasteiger partial charge in [-0.25, -0.2) is 4.79 Å². The standard InChI is InChI=1S/C15H23F3N4O2/c1-20(7-4-10-24-2)14(23)21-8-3-5-12(11-21)22-9-6-13(19-22)15(16,17)18/h6,9,12H,3-5,7-8,10-11H2,1-2H3/t12-/m1/s1. The molecule has 1 aliphatic rings. The molecule has 0 bridgehead atoms. The van der Waals surface area contributed by atoms with E-state index in [2.05, 4.69) is 5.10 Å². The summed E-state index contributed by atoms with van der Waals surface area (Å²) in [6.45, 7) is 2.13. The average Bonchev–Trinajstić information content (AvgIpc) is 3.04. The molecule has 0 spiro atoms. The van der Waals surface area contributed by atoms with Crippen molar-refractivity contribution in [3.8, 4) is 0 Å². The molecular formula is C15H23F3N4O2. The number of hydrogen-bond acceptors (Lipinski definition) is 3. The molecule has 2 heterocycles. The molecule has 0 aromatic carbocycles. The number of carbonyl (C=O) groups is 1. The van der Waals surface area contributed by atoms with E-state index >= 15 is 0 Å². The van der Waals surface area contributed by atoms with Gasteiger partial charge >= 0.3 is 12.2 Å². The molecule has 1 fully saturated rings. The van der Waals surface area contributed by atoms with Crippen molar-refractivity contribution in [3.05, 3.63) is 18.0 Å². The molecule has 2 rings (SSSR count). The molecule has 0 aliphatic carbocycles. The Morgan fingerprint density at radius 3 is 2.88 bits per heavy atom. The van der Waals surface area contributed by atoms with Gasteiger partial charge in [-0.05, 0) is 25.3 Å². The van der Waals surface area contributed by atoms with E-state index in [1.54, 1.807) is 24.0 Å². The van der Waals surface area contributed by atoms with Crippen LogP contribution in [-0.2, 0) is 10.9 Å². The fraction of sp³-hybridized carbons (Fsp3) is 0.733. The van der Waals surface area contributed by atoms with E-state index in [0.29, 0.717) is 32.7 Å². The van der Waals surface area contributed by atoms with Crippen LogP contribution in [0.25, 0.3) is 0 Å². The molecule has 0 radical (unpaired) electrons. The Balaban J connectivity index is 1.96. The highest BCUT2D eigenvalue weighted by molar-refractivity contribution is 5.74. The molecule has 6 nitrogen and oxygen atoms in total. The normalized spacial score (nSPS) is 18.7. The van der Waals surface area contributed by atoms with Crippen molar-refractivity contribution < 1.29 is 22.7 Å². The van der Waals surface area contributed by atoms with Gasteiger partial charge in [-0.3, -0.25) is 4.68 Å². The number of methoxy groups -OCH3 is 1. The highest BCUT2D eigenvalue weighted by Gasteiger charge is 2.35. The van der Waals surface area contributed by atoms with Crippen LogP contribution in [0.15, 0.2) is 12.3 Å².